The molecule has 4 heteroatoms. The molecule has 0 saturated carbocycles. The third-order valence-electron chi connectivity index (χ3n) is 1.96. The molecule has 0 unspecified atom stereocenters. The lowest BCUT2D eigenvalue weighted by molar-refractivity contribution is 0.589. The summed E-state index contributed by atoms with van der Waals surface area (Å²) in [4.78, 5) is 0.433. The van der Waals surface area contributed by atoms with Crippen molar-refractivity contribution in [1.82, 2.24) is 4.72 Å². The van der Waals surface area contributed by atoms with E-state index in [0.717, 1.165) is 11.1 Å². The molecule has 3 nitrogen and oxygen atoms in total. The van der Waals surface area contributed by atoms with Gasteiger partial charge in [-0.2, -0.15) is 0 Å². The van der Waals surface area contributed by atoms with Gasteiger partial charge in [0.05, 0.1) is 4.90 Å². The Kier molecular flexibility index (Phi) is 1.49. The lowest BCUT2D eigenvalue weighted by atomic mass is 10.1. The lowest BCUT2D eigenvalue weighted by Crippen LogP contribution is -2.13. The monoisotopic (exact) mass is 183 g/mol. The first kappa shape index (κ1) is 7.76. The molecule has 0 atom stereocenters. The van der Waals surface area contributed by atoms with Crippen molar-refractivity contribution >= 4 is 10.0 Å². The van der Waals surface area contributed by atoms with Gasteiger partial charge in [0.25, 0.3) is 0 Å². The Morgan fingerprint density at radius 3 is 2.92 bits per heavy atom. The molecule has 0 amide bonds. The van der Waals surface area contributed by atoms with E-state index in [9.17, 15) is 8.42 Å². The highest BCUT2D eigenvalue weighted by Gasteiger charge is 2.24. The molecule has 1 aliphatic rings. The van der Waals surface area contributed by atoms with Gasteiger partial charge in [-0.25, -0.2) is 13.1 Å². The molecule has 0 radical (unpaired) electrons. The van der Waals surface area contributed by atoms with Crippen molar-refractivity contribution in [3.05, 3.63) is 29.3 Å². The van der Waals surface area contributed by atoms with Gasteiger partial charge in [-0.1, -0.05) is 12.1 Å². The molecule has 1 heterocycles. The van der Waals surface area contributed by atoms with Crippen LogP contribution in [0.5, 0.6) is 0 Å². The number of rotatable bonds is 0. The van der Waals surface area contributed by atoms with E-state index in [4.69, 9.17) is 0 Å². The lowest BCUT2D eigenvalue weighted by Gasteiger charge is -1.97. The largest absolute Gasteiger partial charge is 0.241 e. The predicted molar refractivity (Wildman–Crippen MR) is 45.2 cm³/mol. The summed E-state index contributed by atoms with van der Waals surface area (Å²) in [6.07, 6.45) is 0. The molecular weight excluding hydrogens is 174 g/mol. The van der Waals surface area contributed by atoms with Gasteiger partial charge in [0, 0.05) is 6.54 Å². The number of hydrogen-bond donors (Lipinski definition) is 1. The zero-order valence-corrected chi connectivity index (χ0v) is 7.48. The van der Waals surface area contributed by atoms with Gasteiger partial charge in [0.1, 0.15) is 0 Å². The van der Waals surface area contributed by atoms with Gasteiger partial charge in [-0.05, 0) is 24.1 Å². The number of aryl methyl sites for hydroxylation is 1. The zero-order chi connectivity index (χ0) is 8.77. The Morgan fingerprint density at radius 1 is 1.42 bits per heavy atom. The Morgan fingerprint density at radius 2 is 2.17 bits per heavy atom. The minimum atomic E-state index is -3.18. The SMILES string of the molecule is Cc1ccc2c(c1)S(=O)(=O)NC2. The van der Waals surface area contributed by atoms with Gasteiger partial charge < -0.3 is 0 Å². The van der Waals surface area contributed by atoms with Crippen LogP contribution < -0.4 is 4.72 Å². The van der Waals surface area contributed by atoms with Crippen LogP contribution >= 0.6 is 0 Å². The van der Waals surface area contributed by atoms with Crippen molar-refractivity contribution in [3.8, 4) is 0 Å². The van der Waals surface area contributed by atoms with Crippen LogP contribution in [0, 0.1) is 6.92 Å². The molecule has 1 aromatic carbocycles. The number of fused-ring (bicyclic) bond motifs is 1. The average molecular weight is 183 g/mol. The molecule has 1 aliphatic heterocycles. The van der Waals surface area contributed by atoms with E-state index in [-0.39, 0.29) is 0 Å². The van der Waals surface area contributed by atoms with Crippen molar-refractivity contribution in [2.75, 3.05) is 0 Å². The molecule has 0 saturated heterocycles. The number of nitrogens with one attached hydrogen (secondary N) is 1. The number of hydrogen-bond acceptors (Lipinski definition) is 2. The second-order valence-electron chi connectivity index (χ2n) is 2.94. The van der Waals surface area contributed by atoms with Gasteiger partial charge in [0.15, 0.2) is 0 Å². The van der Waals surface area contributed by atoms with Crippen LogP contribution in [0.25, 0.3) is 0 Å². The number of benzene rings is 1. The minimum absolute atomic E-state index is 0.429. The second-order valence-corrected chi connectivity index (χ2v) is 4.67. The average Bonchev–Trinajstić information content (AvgIpc) is 2.28. The van der Waals surface area contributed by atoms with Crippen molar-refractivity contribution in [2.24, 2.45) is 0 Å². The topological polar surface area (TPSA) is 46.2 Å². The first-order valence-corrected chi connectivity index (χ1v) is 5.17. The van der Waals surface area contributed by atoms with Gasteiger partial charge in [-0.3, -0.25) is 0 Å². The minimum Gasteiger partial charge on any atom is -0.207 e. The third kappa shape index (κ3) is 1.04. The summed E-state index contributed by atoms with van der Waals surface area (Å²) in [7, 11) is -3.18. The fraction of sp³-hybridized carbons (Fsp3) is 0.250. The van der Waals surface area contributed by atoms with Crippen molar-refractivity contribution in [3.63, 3.8) is 0 Å². The fourth-order valence-electron chi connectivity index (χ4n) is 1.31. The standard InChI is InChI=1S/C8H9NO2S/c1-6-2-3-7-5-9-12(10,11)8(7)4-6/h2-4,9H,5H2,1H3. The first-order valence-electron chi connectivity index (χ1n) is 3.69. The quantitative estimate of drug-likeness (QED) is 0.646. The molecular formula is C8H9NO2S. The van der Waals surface area contributed by atoms with E-state index in [1.807, 2.05) is 19.1 Å². The molecule has 1 aromatic rings. The maximum absolute atomic E-state index is 11.3. The zero-order valence-electron chi connectivity index (χ0n) is 6.66. The normalized spacial score (nSPS) is 19.1. The summed E-state index contributed by atoms with van der Waals surface area (Å²) < 4.78 is 25.0. The highest BCUT2D eigenvalue weighted by atomic mass is 32.2. The van der Waals surface area contributed by atoms with E-state index in [1.54, 1.807) is 6.07 Å². The van der Waals surface area contributed by atoms with Crippen LogP contribution in [0.3, 0.4) is 0 Å². The molecule has 2 rings (SSSR count). The summed E-state index contributed by atoms with van der Waals surface area (Å²) in [6, 6.07) is 5.47. The first-order chi connectivity index (χ1) is 5.59. The summed E-state index contributed by atoms with van der Waals surface area (Å²) in [5.74, 6) is 0. The number of sulfonamides is 1. The maximum atomic E-state index is 11.3. The smallest absolute Gasteiger partial charge is 0.207 e. The molecule has 0 aliphatic carbocycles. The van der Waals surface area contributed by atoms with Gasteiger partial charge in [-0.15, -0.1) is 0 Å². The predicted octanol–water partition coefficient (Wildman–Crippen LogP) is 0.787. The molecule has 0 fully saturated rings. The summed E-state index contributed by atoms with van der Waals surface area (Å²) in [5, 5.41) is 0. The van der Waals surface area contributed by atoms with E-state index in [0.29, 0.717) is 11.4 Å². The summed E-state index contributed by atoms with van der Waals surface area (Å²) in [6.45, 7) is 2.31. The van der Waals surface area contributed by atoms with E-state index in [2.05, 4.69) is 4.72 Å². The van der Waals surface area contributed by atoms with Gasteiger partial charge in [0.2, 0.25) is 10.0 Å². The van der Waals surface area contributed by atoms with Crippen LogP contribution in [0.2, 0.25) is 0 Å². The fourth-order valence-corrected chi connectivity index (χ4v) is 2.64. The van der Waals surface area contributed by atoms with Crippen molar-refractivity contribution < 1.29 is 8.42 Å². The Bertz CT molecular complexity index is 423. The van der Waals surface area contributed by atoms with Gasteiger partial charge >= 0.3 is 0 Å². The Hall–Kier alpha value is -0.870. The Balaban J connectivity index is 2.73. The van der Waals surface area contributed by atoms with Crippen LogP contribution in [0.15, 0.2) is 23.1 Å². The molecule has 0 aromatic heterocycles. The Labute approximate surface area is 71.5 Å². The van der Waals surface area contributed by atoms with Crippen molar-refractivity contribution in [2.45, 2.75) is 18.4 Å². The molecule has 12 heavy (non-hydrogen) atoms. The highest BCUT2D eigenvalue weighted by molar-refractivity contribution is 7.89. The van der Waals surface area contributed by atoms with Crippen LogP contribution in [0.4, 0.5) is 0 Å². The van der Waals surface area contributed by atoms with E-state index >= 15 is 0 Å². The summed E-state index contributed by atoms with van der Waals surface area (Å²) in [5.41, 5.74) is 1.83. The van der Waals surface area contributed by atoms with Crippen LogP contribution in [-0.2, 0) is 16.6 Å². The summed E-state index contributed by atoms with van der Waals surface area (Å²) >= 11 is 0. The molecule has 0 spiro atoms. The molecule has 0 bridgehead atoms. The third-order valence-corrected chi connectivity index (χ3v) is 3.45. The van der Waals surface area contributed by atoms with Crippen LogP contribution in [-0.4, -0.2) is 8.42 Å². The van der Waals surface area contributed by atoms with E-state index < -0.39 is 10.0 Å². The highest BCUT2D eigenvalue weighted by Crippen LogP contribution is 2.22. The van der Waals surface area contributed by atoms with Crippen molar-refractivity contribution in [1.29, 1.82) is 0 Å². The maximum Gasteiger partial charge on any atom is 0.241 e. The van der Waals surface area contributed by atoms with E-state index in [1.165, 1.54) is 0 Å². The van der Waals surface area contributed by atoms with Crippen LogP contribution in [0.1, 0.15) is 11.1 Å². The molecule has 64 valence electrons. The molecule has 1 N–H and O–H groups in total. The second kappa shape index (κ2) is 2.31.